The zero-order chi connectivity index (χ0) is 11.7. The maximum atomic E-state index is 4.32. The Balaban J connectivity index is 4.57. The topological polar surface area (TPSA) is 0 Å². The molecule has 0 aliphatic carbocycles. The molecule has 8 heteroatoms. The van der Waals surface area contributed by atoms with Gasteiger partial charge in [0, 0.05) is 25.6 Å². The van der Waals surface area contributed by atoms with Crippen molar-refractivity contribution in [3.8, 4) is 0 Å². The van der Waals surface area contributed by atoms with Gasteiger partial charge < -0.3 is 0 Å². The van der Waals surface area contributed by atoms with Gasteiger partial charge in [0.15, 0.2) is 0 Å². The van der Waals surface area contributed by atoms with E-state index in [9.17, 15) is 0 Å². The molecule has 0 aliphatic heterocycles. The summed E-state index contributed by atoms with van der Waals surface area (Å²) in [6, 6.07) is 0. The van der Waals surface area contributed by atoms with Crippen LogP contribution in [0.3, 0.4) is 0 Å². The maximum Gasteiger partial charge on any atom is 0.121 e. The molecule has 0 heterocycles. The molecule has 1 atom stereocenters. The van der Waals surface area contributed by atoms with E-state index in [-0.39, 0.29) is 3.41 Å². The third kappa shape index (κ3) is 6.50. The van der Waals surface area contributed by atoms with Gasteiger partial charge in [-0.3, -0.25) is 0 Å². The predicted molar refractivity (Wildman–Crippen MR) is 98.0 cm³/mol. The van der Waals surface area contributed by atoms with Crippen LogP contribution in [0.4, 0.5) is 0 Å². The van der Waals surface area contributed by atoms with E-state index in [4.69, 9.17) is 0 Å². The molecular formula is C7H16S8. The van der Waals surface area contributed by atoms with Gasteiger partial charge in [-0.25, -0.2) is 0 Å². The van der Waals surface area contributed by atoms with Crippen LogP contribution in [0.2, 0.25) is 0 Å². The van der Waals surface area contributed by atoms with Gasteiger partial charge in [-0.2, -0.15) is 50.5 Å². The molecule has 15 heavy (non-hydrogen) atoms. The molecule has 0 bridgehead atoms. The van der Waals surface area contributed by atoms with E-state index in [2.05, 4.69) is 57.4 Å². The summed E-state index contributed by atoms with van der Waals surface area (Å²) in [6.45, 7) is 2.24. The van der Waals surface area contributed by atoms with E-state index < -0.39 is 0 Å². The number of thiol groups is 4. The van der Waals surface area contributed by atoms with Gasteiger partial charge >= 0.3 is 0 Å². The van der Waals surface area contributed by atoms with Crippen LogP contribution in [0.1, 0.15) is 6.92 Å². The van der Waals surface area contributed by atoms with Gasteiger partial charge in [-0.05, 0) is 0 Å². The Morgan fingerprint density at radius 1 is 0.867 bits per heavy atom. The largest absolute Gasteiger partial charge is 0.168 e. The average molecular weight is 357 g/mol. The highest BCUT2D eigenvalue weighted by Gasteiger charge is 2.37. The minimum Gasteiger partial charge on any atom is -0.168 e. The molecule has 0 nitrogen and oxygen atoms in total. The van der Waals surface area contributed by atoms with Gasteiger partial charge in [0.25, 0.3) is 0 Å². The average Bonchev–Trinajstić information content (AvgIpc) is 2.19. The number of hydrogen-bond acceptors (Lipinski definition) is 8. The fourth-order valence-corrected chi connectivity index (χ4v) is 9.99. The molecule has 0 aromatic heterocycles. The minimum atomic E-state index is 0.0959. The molecule has 0 aromatic carbocycles. The maximum absolute atomic E-state index is 4.32. The van der Waals surface area contributed by atoms with Crippen molar-refractivity contribution in [2.45, 2.75) is 15.6 Å². The SMILES string of the molecule is CC(SCS)C(SCS)(SCS)SCS. The van der Waals surface area contributed by atoms with Crippen molar-refractivity contribution in [2.75, 3.05) is 20.3 Å². The molecule has 0 N–H and O–H groups in total. The first-order valence-electron chi connectivity index (χ1n) is 4.13. The van der Waals surface area contributed by atoms with Crippen LogP contribution in [-0.4, -0.2) is 29.0 Å². The molecule has 0 saturated heterocycles. The lowest BCUT2D eigenvalue weighted by atomic mass is 10.5. The molecule has 0 rings (SSSR count). The Kier molecular flexibility index (Phi) is 12.7. The monoisotopic (exact) mass is 356 g/mol. The normalized spacial score (nSPS) is 14.2. The van der Waals surface area contributed by atoms with E-state index in [0.717, 1.165) is 20.3 Å². The minimum absolute atomic E-state index is 0.0959. The van der Waals surface area contributed by atoms with Gasteiger partial charge in [0.05, 0.1) is 0 Å². The van der Waals surface area contributed by atoms with Crippen LogP contribution < -0.4 is 0 Å². The van der Waals surface area contributed by atoms with Gasteiger partial charge in [-0.1, -0.05) is 6.92 Å². The second-order valence-electron chi connectivity index (χ2n) is 2.36. The van der Waals surface area contributed by atoms with Crippen LogP contribution in [-0.2, 0) is 0 Å². The third-order valence-electron chi connectivity index (χ3n) is 1.62. The zero-order valence-corrected chi connectivity index (χ0v) is 15.2. The Morgan fingerprint density at radius 3 is 1.53 bits per heavy atom. The summed E-state index contributed by atoms with van der Waals surface area (Å²) < 4.78 is 0.0959. The summed E-state index contributed by atoms with van der Waals surface area (Å²) in [5.41, 5.74) is 0. The number of hydrogen-bond donors (Lipinski definition) is 4. The van der Waals surface area contributed by atoms with Crippen molar-refractivity contribution in [2.24, 2.45) is 0 Å². The molecule has 0 amide bonds. The number of rotatable bonds is 9. The van der Waals surface area contributed by atoms with E-state index in [1.54, 1.807) is 0 Å². The van der Waals surface area contributed by atoms with Crippen molar-refractivity contribution < 1.29 is 0 Å². The Morgan fingerprint density at radius 2 is 1.27 bits per heavy atom. The first-order chi connectivity index (χ1) is 7.16. The quantitative estimate of drug-likeness (QED) is 0.354. The lowest BCUT2D eigenvalue weighted by Crippen LogP contribution is -2.28. The summed E-state index contributed by atoms with van der Waals surface area (Å²) in [5.74, 6) is 0. The standard InChI is InChI=1S/C7H16S8/c1-6(12-2-8)7(13-3-9,14-4-10)15-5-11/h6,8-11H,2-5H2,1H3. The Labute approximate surface area is 132 Å². The highest BCUT2D eigenvalue weighted by atomic mass is 32.3. The summed E-state index contributed by atoms with van der Waals surface area (Å²) in [5, 5.41) is 3.80. The molecule has 92 valence electrons. The van der Waals surface area contributed by atoms with Crippen LogP contribution in [0.15, 0.2) is 0 Å². The van der Waals surface area contributed by atoms with Gasteiger partial charge in [0.2, 0.25) is 0 Å². The van der Waals surface area contributed by atoms with Gasteiger partial charge in [0.1, 0.15) is 3.41 Å². The van der Waals surface area contributed by atoms with Crippen molar-refractivity contribution >= 4 is 97.6 Å². The van der Waals surface area contributed by atoms with Crippen molar-refractivity contribution in [3.63, 3.8) is 0 Å². The third-order valence-corrected chi connectivity index (χ3v) is 9.46. The van der Waals surface area contributed by atoms with Crippen LogP contribution in [0.25, 0.3) is 0 Å². The fraction of sp³-hybridized carbons (Fsp3) is 1.00. The molecular weight excluding hydrogens is 341 g/mol. The lowest BCUT2D eigenvalue weighted by Gasteiger charge is -2.35. The van der Waals surface area contributed by atoms with Gasteiger partial charge in [-0.15, -0.1) is 47.0 Å². The second kappa shape index (κ2) is 10.7. The molecule has 0 fully saturated rings. The summed E-state index contributed by atoms with van der Waals surface area (Å²) in [6.07, 6.45) is 0. The molecule has 0 radical (unpaired) electrons. The molecule has 0 spiro atoms. The summed E-state index contributed by atoms with van der Waals surface area (Å²) in [7, 11) is 0. The smallest absolute Gasteiger partial charge is 0.121 e. The molecule has 0 saturated carbocycles. The zero-order valence-electron chi connectivity index (χ0n) is 8.33. The van der Waals surface area contributed by atoms with E-state index in [0.29, 0.717) is 5.25 Å². The highest BCUT2D eigenvalue weighted by Crippen LogP contribution is 2.53. The summed E-state index contributed by atoms with van der Waals surface area (Å²) in [4.78, 5) is 0. The molecule has 0 aliphatic rings. The molecule has 1 unspecified atom stereocenters. The fourth-order valence-electron chi connectivity index (χ4n) is 0.961. The number of thioether (sulfide) groups is 4. The van der Waals surface area contributed by atoms with E-state index >= 15 is 0 Å². The lowest BCUT2D eigenvalue weighted by molar-refractivity contribution is 1.04. The highest BCUT2D eigenvalue weighted by molar-refractivity contribution is 8.38. The first-order valence-corrected chi connectivity index (χ1v) is 10.7. The molecule has 0 aromatic rings. The van der Waals surface area contributed by atoms with Crippen molar-refractivity contribution in [1.82, 2.24) is 0 Å². The second-order valence-corrected chi connectivity index (χ2v) is 11.1. The van der Waals surface area contributed by atoms with E-state index in [1.165, 1.54) is 0 Å². The van der Waals surface area contributed by atoms with Crippen molar-refractivity contribution in [3.05, 3.63) is 0 Å². The van der Waals surface area contributed by atoms with Crippen LogP contribution in [0.5, 0.6) is 0 Å². The predicted octanol–water partition coefficient (Wildman–Crippen LogP) is 4.51. The Bertz CT molecular complexity index is 135. The summed E-state index contributed by atoms with van der Waals surface area (Å²) >= 11 is 24.7. The van der Waals surface area contributed by atoms with Crippen LogP contribution >= 0.6 is 97.6 Å². The first kappa shape index (κ1) is 17.8. The Hall–Kier alpha value is 2.80. The van der Waals surface area contributed by atoms with Crippen LogP contribution in [0, 0.1) is 0 Å². The van der Waals surface area contributed by atoms with Crippen molar-refractivity contribution in [1.29, 1.82) is 0 Å². The van der Waals surface area contributed by atoms with E-state index in [1.807, 2.05) is 47.0 Å².